The number of hydrogen-bond acceptors (Lipinski definition) is 5. The van der Waals surface area contributed by atoms with Gasteiger partial charge in [-0.3, -0.25) is 0 Å². The van der Waals surface area contributed by atoms with Crippen LogP contribution in [0.3, 0.4) is 0 Å². The lowest BCUT2D eigenvalue weighted by molar-refractivity contribution is -0.0361. The van der Waals surface area contributed by atoms with Gasteiger partial charge in [0.15, 0.2) is 5.82 Å². The second kappa shape index (κ2) is 7.31. The average Bonchev–Trinajstić information content (AvgIpc) is 3.19. The van der Waals surface area contributed by atoms with Crippen LogP contribution in [0.2, 0.25) is 0 Å². The van der Waals surface area contributed by atoms with Crippen molar-refractivity contribution in [2.75, 3.05) is 36.5 Å². The summed E-state index contributed by atoms with van der Waals surface area (Å²) in [6.07, 6.45) is 7.74. The summed E-state index contributed by atoms with van der Waals surface area (Å²) in [5, 5.41) is 3.37. The first kappa shape index (κ1) is 17.4. The Morgan fingerprint density at radius 3 is 2.62 bits per heavy atom. The van der Waals surface area contributed by atoms with Crippen molar-refractivity contribution in [3.8, 4) is 0 Å². The third-order valence-corrected chi connectivity index (χ3v) is 5.18. The molecule has 0 spiro atoms. The first-order valence-electron chi connectivity index (χ1n) is 9.31. The summed E-state index contributed by atoms with van der Waals surface area (Å²) >= 11 is 0. The Morgan fingerprint density at radius 1 is 1.15 bits per heavy atom. The number of halogens is 2. The maximum absolute atomic E-state index is 13.4. The van der Waals surface area contributed by atoms with E-state index in [1.165, 1.54) is 0 Å². The van der Waals surface area contributed by atoms with Crippen LogP contribution < -0.4 is 10.2 Å². The fraction of sp³-hybridized carbons (Fsp3) is 0.579. The minimum atomic E-state index is -2.52. The maximum Gasteiger partial charge on any atom is 0.248 e. The summed E-state index contributed by atoms with van der Waals surface area (Å²) in [7, 11) is 0. The van der Waals surface area contributed by atoms with E-state index < -0.39 is 5.92 Å². The quantitative estimate of drug-likeness (QED) is 0.886. The summed E-state index contributed by atoms with van der Waals surface area (Å²) in [6, 6.07) is 1.97. The van der Waals surface area contributed by atoms with Crippen molar-refractivity contribution in [2.24, 2.45) is 0 Å². The first-order valence-corrected chi connectivity index (χ1v) is 9.31. The van der Waals surface area contributed by atoms with E-state index in [1.54, 1.807) is 0 Å². The SMILES string of the molecule is FC1(F)CCC(Nc2cc(N3CCOCC3)nc(C3=CC=CC3)n2)CC1. The van der Waals surface area contributed by atoms with Crippen molar-refractivity contribution >= 4 is 17.2 Å². The molecule has 0 amide bonds. The molecule has 0 aromatic carbocycles. The van der Waals surface area contributed by atoms with Gasteiger partial charge in [-0.05, 0) is 19.3 Å². The van der Waals surface area contributed by atoms with Crippen molar-refractivity contribution in [3.05, 3.63) is 30.1 Å². The van der Waals surface area contributed by atoms with Crippen LogP contribution >= 0.6 is 0 Å². The Labute approximate surface area is 152 Å². The summed E-state index contributed by atoms with van der Waals surface area (Å²) < 4.78 is 32.2. The molecule has 7 heteroatoms. The molecule has 0 unspecified atom stereocenters. The van der Waals surface area contributed by atoms with E-state index in [4.69, 9.17) is 9.72 Å². The van der Waals surface area contributed by atoms with Gasteiger partial charge in [0.2, 0.25) is 5.92 Å². The van der Waals surface area contributed by atoms with Crippen molar-refractivity contribution in [3.63, 3.8) is 0 Å². The molecule has 4 rings (SSSR count). The van der Waals surface area contributed by atoms with Gasteiger partial charge in [-0.2, -0.15) is 0 Å². The number of ether oxygens (including phenoxy) is 1. The predicted molar refractivity (Wildman–Crippen MR) is 97.6 cm³/mol. The van der Waals surface area contributed by atoms with Gasteiger partial charge in [-0.1, -0.05) is 18.2 Å². The van der Waals surface area contributed by atoms with Gasteiger partial charge in [0.1, 0.15) is 11.6 Å². The van der Waals surface area contributed by atoms with Gasteiger partial charge in [0.05, 0.1) is 13.2 Å². The molecular formula is C19H24F2N4O. The zero-order chi connectivity index (χ0) is 18.0. The van der Waals surface area contributed by atoms with E-state index >= 15 is 0 Å². The van der Waals surface area contributed by atoms with Crippen LogP contribution in [0.25, 0.3) is 5.57 Å². The molecule has 1 saturated heterocycles. The molecule has 140 valence electrons. The van der Waals surface area contributed by atoms with E-state index in [2.05, 4.69) is 21.3 Å². The van der Waals surface area contributed by atoms with Crippen molar-refractivity contribution in [1.82, 2.24) is 9.97 Å². The molecule has 2 heterocycles. The molecule has 0 atom stereocenters. The molecule has 2 fully saturated rings. The highest BCUT2D eigenvalue weighted by Gasteiger charge is 2.35. The van der Waals surface area contributed by atoms with E-state index in [9.17, 15) is 8.78 Å². The normalized spacial score (nSPS) is 23.2. The molecule has 1 saturated carbocycles. The molecule has 3 aliphatic rings. The molecule has 1 aliphatic heterocycles. The number of nitrogens with one attached hydrogen (secondary N) is 1. The number of anilines is 2. The molecule has 0 radical (unpaired) electrons. The third-order valence-electron chi connectivity index (χ3n) is 5.18. The van der Waals surface area contributed by atoms with Crippen LogP contribution in [-0.2, 0) is 4.74 Å². The van der Waals surface area contributed by atoms with Crippen molar-refractivity contribution in [2.45, 2.75) is 44.1 Å². The number of hydrogen-bond donors (Lipinski definition) is 1. The number of alkyl halides is 2. The first-order chi connectivity index (χ1) is 12.6. The maximum atomic E-state index is 13.4. The summed E-state index contributed by atoms with van der Waals surface area (Å²) in [6.45, 7) is 2.96. The second-order valence-corrected chi connectivity index (χ2v) is 7.13. The van der Waals surface area contributed by atoms with Gasteiger partial charge in [-0.15, -0.1) is 0 Å². The lowest BCUT2D eigenvalue weighted by atomic mass is 9.92. The molecule has 1 aromatic heterocycles. The molecular weight excluding hydrogens is 338 g/mol. The Morgan fingerprint density at radius 2 is 1.92 bits per heavy atom. The topological polar surface area (TPSA) is 50.3 Å². The smallest absolute Gasteiger partial charge is 0.248 e. The third kappa shape index (κ3) is 4.03. The van der Waals surface area contributed by atoms with Gasteiger partial charge >= 0.3 is 0 Å². The standard InChI is InChI=1S/C19H24F2N4O/c20-19(21)7-5-15(6-8-19)22-16-13-17(25-9-11-26-12-10-25)24-18(23-16)14-3-1-2-4-14/h1-3,13,15H,4-12H2,(H,22,23,24). The zero-order valence-corrected chi connectivity index (χ0v) is 14.8. The van der Waals surface area contributed by atoms with Crippen LogP contribution in [0, 0.1) is 0 Å². The van der Waals surface area contributed by atoms with Gasteiger partial charge in [-0.25, -0.2) is 18.7 Å². The lowest BCUT2D eigenvalue weighted by Gasteiger charge is -2.30. The molecule has 26 heavy (non-hydrogen) atoms. The monoisotopic (exact) mass is 362 g/mol. The number of nitrogens with zero attached hydrogens (tertiary/aromatic N) is 3. The fourth-order valence-corrected chi connectivity index (χ4v) is 3.61. The predicted octanol–water partition coefficient (Wildman–Crippen LogP) is 3.65. The average molecular weight is 362 g/mol. The van der Waals surface area contributed by atoms with Gasteiger partial charge in [0.25, 0.3) is 0 Å². The molecule has 0 bridgehead atoms. The summed E-state index contributed by atoms with van der Waals surface area (Å²) in [4.78, 5) is 11.6. The Balaban J connectivity index is 1.55. The van der Waals surface area contributed by atoms with Gasteiger partial charge in [0, 0.05) is 43.6 Å². The minimum Gasteiger partial charge on any atom is -0.378 e. The van der Waals surface area contributed by atoms with Crippen LogP contribution in [0.1, 0.15) is 37.9 Å². The largest absolute Gasteiger partial charge is 0.378 e. The fourth-order valence-electron chi connectivity index (χ4n) is 3.61. The summed E-state index contributed by atoms with van der Waals surface area (Å²) in [5.41, 5.74) is 1.08. The highest BCUT2D eigenvalue weighted by molar-refractivity contribution is 5.68. The number of aromatic nitrogens is 2. The minimum absolute atomic E-state index is 0.0330. The molecule has 2 aliphatic carbocycles. The Hall–Kier alpha value is -2.02. The second-order valence-electron chi connectivity index (χ2n) is 7.13. The Bertz CT molecular complexity index is 703. The lowest BCUT2D eigenvalue weighted by Crippen LogP contribution is -2.37. The van der Waals surface area contributed by atoms with Crippen LogP contribution in [0.4, 0.5) is 20.4 Å². The summed E-state index contributed by atoms with van der Waals surface area (Å²) in [5.74, 6) is -0.217. The molecule has 1 N–H and O–H groups in total. The van der Waals surface area contributed by atoms with E-state index in [0.29, 0.717) is 31.9 Å². The van der Waals surface area contributed by atoms with E-state index in [0.717, 1.165) is 36.7 Å². The van der Waals surface area contributed by atoms with E-state index in [1.807, 2.05) is 18.2 Å². The highest BCUT2D eigenvalue weighted by atomic mass is 19.3. The van der Waals surface area contributed by atoms with Crippen LogP contribution in [0.5, 0.6) is 0 Å². The molecule has 5 nitrogen and oxygen atoms in total. The molecule has 1 aromatic rings. The number of allylic oxidation sites excluding steroid dienone is 4. The number of morpholine rings is 1. The highest BCUT2D eigenvalue weighted by Crippen LogP contribution is 2.34. The Kier molecular flexibility index (Phi) is 4.89. The van der Waals surface area contributed by atoms with Crippen LogP contribution in [0.15, 0.2) is 24.3 Å². The van der Waals surface area contributed by atoms with Crippen molar-refractivity contribution in [1.29, 1.82) is 0 Å². The number of rotatable bonds is 4. The van der Waals surface area contributed by atoms with Crippen LogP contribution in [-0.4, -0.2) is 48.2 Å². The van der Waals surface area contributed by atoms with E-state index in [-0.39, 0.29) is 18.9 Å². The van der Waals surface area contributed by atoms with Crippen molar-refractivity contribution < 1.29 is 13.5 Å². The zero-order valence-electron chi connectivity index (χ0n) is 14.8. The van der Waals surface area contributed by atoms with Gasteiger partial charge < -0.3 is 15.0 Å².